The van der Waals surface area contributed by atoms with E-state index in [1.54, 1.807) is 18.2 Å². The van der Waals surface area contributed by atoms with Gasteiger partial charge in [0.05, 0.1) is 24.3 Å². The summed E-state index contributed by atoms with van der Waals surface area (Å²) in [5.41, 5.74) is 0.805. The van der Waals surface area contributed by atoms with Gasteiger partial charge in [-0.2, -0.15) is 0 Å². The number of anilines is 1. The van der Waals surface area contributed by atoms with E-state index in [0.717, 1.165) is 11.8 Å². The van der Waals surface area contributed by atoms with Crippen LogP contribution in [0, 0.1) is 10.1 Å². The smallest absolute Gasteiger partial charge is 0.286 e. The molecule has 0 saturated heterocycles. The molecule has 0 saturated carbocycles. The van der Waals surface area contributed by atoms with Crippen LogP contribution in [-0.2, 0) is 4.79 Å². The Labute approximate surface area is 153 Å². The summed E-state index contributed by atoms with van der Waals surface area (Å²) in [6, 6.07) is 10.7. The maximum absolute atomic E-state index is 12.7. The highest BCUT2D eigenvalue weighted by molar-refractivity contribution is 6.24. The third kappa shape index (κ3) is 2.93. The highest BCUT2D eigenvalue weighted by Gasteiger charge is 2.38. The van der Waals surface area contributed by atoms with Crippen molar-refractivity contribution < 1.29 is 24.5 Å². The Morgan fingerprint density at radius 3 is 2.33 bits per heavy atom. The molecule has 0 atom stereocenters. The van der Waals surface area contributed by atoms with Crippen LogP contribution in [0.25, 0.3) is 11.1 Å². The average Bonchev–Trinajstić information content (AvgIpc) is 2.87. The lowest BCUT2D eigenvalue weighted by molar-refractivity contribution is -0.483. The van der Waals surface area contributed by atoms with Crippen molar-refractivity contribution in [3.63, 3.8) is 0 Å². The normalized spacial score (nSPS) is 12.9. The number of hydrazine groups is 1. The molecule has 1 heterocycles. The van der Waals surface area contributed by atoms with E-state index in [-0.39, 0.29) is 35.5 Å². The molecule has 9 heteroatoms. The molecule has 3 rings (SSSR count). The fourth-order valence-corrected chi connectivity index (χ4v) is 3.12. The molecule has 0 aromatic heterocycles. The number of rotatable bonds is 5. The second kappa shape index (κ2) is 6.96. The topological polar surface area (TPSA) is 121 Å². The van der Waals surface area contributed by atoms with Gasteiger partial charge in [-0.25, -0.2) is 10.1 Å². The first-order valence-electron chi connectivity index (χ1n) is 8.03. The van der Waals surface area contributed by atoms with Crippen molar-refractivity contribution in [3.05, 3.63) is 63.7 Å². The summed E-state index contributed by atoms with van der Waals surface area (Å²) in [4.78, 5) is 49.2. The summed E-state index contributed by atoms with van der Waals surface area (Å²) < 4.78 is 0. The highest BCUT2D eigenvalue weighted by atomic mass is 16.7. The first kappa shape index (κ1) is 18.2. The molecule has 1 aliphatic heterocycles. The Bertz CT molecular complexity index is 957. The van der Waals surface area contributed by atoms with Gasteiger partial charge in [0.1, 0.15) is 5.69 Å². The van der Waals surface area contributed by atoms with Crippen LogP contribution in [0.15, 0.2) is 42.5 Å². The minimum absolute atomic E-state index is 0.00995. The van der Waals surface area contributed by atoms with Crippen molar-refractivity contribution in [2.45, 2.75) is 6.92 Å². The SMILES string of the molecule is CC(=O)N(c1ccccc1-c1cccc2c1C(=O)N(CCO)C2=O)[N+](=O)[O-]. The van der Waals surface area contributed by atoms with Crippen LogP contribution in [0.1, 0.15) is 27.6 Å². The zero-order valence-corrected chi connectivity index (χ0v) is 14.3. The maximum Gasteiger partial charge on any atom is 0.286 e. The second-order valence-electron chi connectivity index (χ2n) is 5.80. The number of carbonyl (C=O) groups is 3. The van der Waals surface area contributed by atoms with Gasteiger partial charge in [0, 0.05) is 12.5 Å². The maximum atomic E-state index is 12.7. The minimum atomic E-state index is -0.838. The molecule has 0 aliphatic carbocycles. The fraction of sp³-hybridized carbons (Fsp3) is 0.167. The van der Waals surface area contributed by atoms with Crippen molar-refractivity contribution in [2.75, 3.05) is 18.2 Å². The summed E-state index contributed by atoms with van der Waals surface area (Å²) in [6.45, 7) is 0.533. The zero-order valence-electron chi connectivity index (χ0n) is 14.3. The summed E-state index contributed by atoms with van der Waals surface area (Å²) in [7, 11) is 0. The molecule has 0 bridgehead atoms. The summed E-state index contributed by atoms with van der Waals surface area (Å²) in [5.74, 6) is -1.93. The molecule has 1 N–H and O–H groups in total. The summed E-state index contributed by atoms with van der Waals surface area (Å²) in [6.07, 6.45) is 0. The first-order chi connectivity index (χ1) is 12.9. The number of nitrogens with zero attached hydrogens (tertiary/aromatic N) is 3. The third-order valence-corrected chi connectivity index (χ3v) is 4.21. The zero-order chi connectivity index (χ0) is 19.7. The molecule has 2 aromatic rings. The number of fused-ring (bicyclic) bond motifs is 1. The number of hydrogen-bond acceptors (Lipinski definition) is 6. The molecule has 2 aromatic carbocycles. The van der Waals surface area contributed by atoms with Gasteiger partial charge in [0.25, 0.3) is 17.7 Å². The Balaban J connectivity index is 2.23. The lowest BCUT2D eigenvalue weighted by Crippen LogP contribution is -2.34. The number of amides is 3. The van der Waals surface area contributed by atoms with Gasteiger partial charge in [-0.15, -0.1) is 0 Å². The number of benzene rings is 2. The molecule has 27 heavy (non-hydrogen) atoms. The predicted molar refractivity (Wildman–Crippen MR) is 94.5 cm³/mol. The van der Waals surface area contributed by atoms with E-state index in [1.165, 1.54) is 24.3 Å². The van der Waals surface area contributed by atoms with Crippen LogP contribution >= 0.6 is 0 Å². The van der Waals surface area contributed by atoms with Crippen molar-refractivity contribution in [1.82, 2.24) is 4.90 Å². The van der Waals surface area contributed by atoms with E-state index in [2.05, 4.69) is 0 Å². The number of para-hydroxylation sites is 1. The van der Waals surface area contributed by atoms with Crippen molar-refractivity contribution in [1.29, 1.82) is 0 Å². The Kier molecular flexibility index (Phi) is 4.70. The number of aliphatic hydroxyl groups is 1. The van der Waals surface area contributed by atoms with Crippen molar-refractivity contribution in [2.24, 2.45) is 0 Å². The molecule has 0 spiro atoms. The van der Waals surface area contributed by atoms with E-state index in [4.69, 9.17) is 5.11 Å². The van der Waals surface area contributed by atoms with Crippen LogP contribution in [-0.4, -0.2) is 45.9 Å². The summed E-state index contributed by atoms with van der Waals surface area (Å²) in [5, 5.41) is 20.0. The lowest BCUT2D eigenvalue weighted by Gasteiger charge is -2.16. The number of imide groups is 1. The fourth-order valence-electron chi connectivity index (χ4n) is 3.12. The van der Waals surface area contributed by atoms with E-state index in [9.17, 15) is 24.5 Å². The van der Waals surface area contributed by atoms with Gasteiger partial charge < -0.3 is 5.11 Å². The Hall–Kier alpha value is -3.59. The number of hydrogen-bond donors (Lipinski definition) is 1. The van der Waals surface area contributed by atoms with E-state index >= 15 is 0 Å². The van der Waals surface area contributed by atoms with Crippen molar-refractivity contribution in [3.8, 4) is 11.1 Å². The Morgan fingerprint density at radius 2 is 1.70 bits per heavy atom. The van der Waals surface area contributed by atoms with Crippen LogP contribution in [0.2, 0.25) is 0 Å². The number of nitro groups is 1. The first-order valence-corrected chi connectivity index (χ1v) is 8.03. The van der Waals surface area contributed by atoms with Gasteiger partial charge >= 0.3 is 0 Å². The third-order valence-electron chi connectivity index (χ3n) is 4.21. The molecule has 3 amide bonds. The van der Waals surface area contributed by atoms with E-state index < -0.39 is 22.8 Å². The molecular weight excluding hydrogens is 354 g/mol. The largest absolute Gasteiger partial charge is 0.395 e. The minimum Gasteiger partial charge on any atom is -0.395 e. The number of β-amino-alcohol motifs (C(OH)–C–C–N with tert-alkyl or cyclic N) is 1. The average molecular weight is 369 g/mol. The number of aliphatic hydroxyl groups excluding tert-OH is 1. The van der Waals surface area contributed by atoms with Crippen LogP contribution in [0.4, 0.5) is 5.69 Å². The highest BCUT2D eigenvalue weighted by Crippen LogP contribution is 2.37. The van der Waals surface area contributed by atoms with E-state index in [0.29, 0.717) is 10.6 Å². The van der Waals surface area contributed by atoms with Gasteiger partial charge in [-0.3, -0.25) is 19.3 Å². The van der Waals surface area contributed by atoms with Gasteiger partial charge in [-0.05, 0) is 22.7 Å². The van der Waals surface area contributed by atoms with Gasteiger partial charge in [0.2, 0.25) is 0 Å². The standard InChI is InChI=1S/C18H15N3O6/c1-11(23)20(21(26)27)15-8-3-2-5-12(15)13-6-4-7-14-16(13)18(25)19(9-10-22)17(14)24/h2-8,22H,9-10H2,1H3. The predicted octanol–water partition coefficient (Wildman–Crippen LogP) is 1.49. The summed E-state index contributed by atoms with van der Waals surface area (Å²) >= 11 is 0. The quantitative estimate of drug-likeness (QED) is 0.484. The molecule has 0 unspecified atom stereocenters. The molecule has 0 radical (unpaired) electrons. The molecular formula is C18H15N3O6. The molecule has 138 valence electrons. The lowest BCUT2D eigenvalue weighted by atomic mass is 9.95. The molecule has 9 nitrogen and oxygen atoms in total. The van der Waals surface area contributed by atoms with E-state index in [1.807, 2.05) is 0 Å². The molecule has 1 aliphatic rings. The Morgan fingerprint density at radius 1 is 1.07 bits per heavy atom. The second-order valence-corrected chi connectivity index (χ2v) is 5.80. The monoisotopic (exact) mass is 369 g/mol. The van der Waals surface area contributed by atoms with Gasteiger partial charge in [0.15, 0.2) is 5.03 Å². The number of carbonyl (C=O) groups excluding carboxylic acids is 3. The van der Waals surface area contributed by atoms with Crippen LogP contribution in [0.5, 0.6) is 0 Å². The van der Waals surface area contributed by atoms with Gasteiger partial charge in [-0.1, -0.05) is 30.3 Å². The van der Waals surface area contributed by atoms with Crippen molar-refractivity contribution >= 4 is 23.4 Å². The van der Waals surface area contributed by atoms with Crippen LogP contribution in [0.3, 0.4) is 0 Å². The molecule has 0 fully saturated rings. The van der Waals surface area contributed by atoms with Crippen LogP contribution < -0.4 is 5.01 Å².